The minimum absolute atomic E-state index is 0.132. The molecular weight excluding hydrogens is 513 g/mol. The van der Waals surface area contributed by atoms with Crippen molar-refractivity contribution in [2.45, 2.75) is 11.3 Å². The highest BCUT2D eigenvalue weighted by atomic mass is 35.5. The molecule has 4 aromatic rings. The van der Waals surface area contributed by atoms with Crippen molar-refractivity contribution in [3.8, 4) is 11.3 Å². The Bertz CT molecular complexity index is 1500. The van der Waals surface area contributed by atoms with Gasteiger partial charge in [-0.1, -0.05) is 41.4 Å². The van der Waals surface area contributed by atoms with E-state index in [1.807, 2.05) is 18.2 Å². The molecule has 0 bridgehead atoms. The van der Waals surface area contributed by atoms with Crippen molar-refractivity contribution in [1.29, 1.82) is 0 Å². The Hall–Kier alpha value is -2.91. The van der Waals surface area contributed by atoms with Crippen LogP contribution in [0.15, 0.2) is 77.0 Å². The van der Waals surface area contributed by atoms with E-state index < -0.39 is 15.9 Å². The molecule has 0 saturated carbocycles. The van der Waals surface area contributed by atoms with Gasteiger partial charge in [0.15, 0.2) is 5.13 Å². The van der Waals surface area contributed by atoms with E-state index in [1.165, 1.54) is 39.9 Å². The number of nitrogens with one attached hydrogen (secondary N) is 1. The predicted octanol–water partition coefficient (Wildman–Crippen LogP) is 6.12. The second-order valence-corrected chi connectivity index (χ2v) is 11.2. The van der Waals surface area contributed by atoms with Crippen molar-refractivity contribution < 1.29 is 13.2 Å². The highest BCUT2D eigenvalue weighted by Crippen LogP contribution is 2.34. The fourth-order valence-electron chi connectivity index (χ4n) is 3.78. The average molecular weight is 530 g/mol. The summed E-state index contributed by atoms with van der Waals surface area (Å²) in [5.41, 5.74) is 3.29. The zero-order valence-electron chi connectivity index (χ0n) is 17.5. The van der Waals surface area contributed by atoms with Crippen LogP contribution >= 0.6 is 34.5 Å². The van der Waals surface area contributed by atoms with Crippen molar-refractivity contribution in [1.82, 2.24) is 4.98 Å². The summed E-state index contributed by atoms with van der Waals surface area (Å²) in [6.07, 6.45) is 0.673. The summed E-state index contributed by atoms with van der Waals surface area (Å²) < 4.78 is 27.7. The van der Waals surface area contributed by atoms with Crippen LogP contribution in [0.1, 0.15) is 15.9 Å². The summed E-state index contributed by atoms with van der Waals surface area (Å²) in [6.45, 7) is 0.396. The SMILES string of the molecule is O=C(Nc1nc(-c2cc(Cl)ccc2Cl)cs1)c1ccc(S(=O)(=O)N2CCc3ccccc32)cc1. The highest BCUT2D eigenvalue weighted by molar-refractivity contribution is 7.92. The quantitative estimate of drug-likeness (QED) is 0.337. The number of benzene rings is 3. The number of para-hydroxylation sites is 1. The molecule has 1 amide bonds. The van der Waals surface area contributed by atoms with Gasteiger partial charge in [0.25, 0.3) is 15.9 Å². The van der Waals surface area contributed by atoms with Crippen LogP contribution < -0.4 is 9.62 Å². The number of carbonyl (C=O) groups is 1. The fourth-order valence-corrected chi connectivity index (χ4v) is 6.38. The monoisotopic (exact) mass is 529 g/mol. The fraction of sp³-hybridized carbons (Fsp3) is 0.0833. The normalized spacial score (nSPS) is 13.1. The first kappa shape index (κ1) is 22.9. The lowest BCUT2D eigenvalue weighted by molar-refractivity contribution is 0.102. The molecule has 1 aliphatic heterocycles. The zero-order valence-corrected chi connectivity index (χ0v) is 20.7. The van der Waals surface area contributed by atoms with Crippen LogP contribution in [0.4, 0.5) is 10.8 Å². The van der Waals surface area contributed by atoms with Crippen LogP contribution in [0.2, 0.25) is 10.0 Å². The van der Waals surface area contributed by atoms with Crippen LogP contribution in [-0.2, 0) is 16.4 Å². The standard InChI is InChI=1S/C24H17Cl2N3O3S2/c25-17-7-10-20(26)19(13-17)21-14-33-24(27-21)28-23(30)16-5-8-18(9-6-16)34(31,32)29-12-11-15-3-1-2-4-22(15)29/h1-10,13-14H,11-12H2,(H,27,28,30). The number of thiazole rings is 1. The molecule has 3 aromatic carbocycles. The third-order valence-electron chi connectivity index (χ3n) is 5.48. The molecule has 10 heteroatoms. The summed E-state index contributed by atoms with van der Waals surface area (Å²) in [4.78, 5) is 17.3. The molecule has 172 valence electrons. The van der Waals surface area contributed by atoms with E-state index in [4.69, 9.17) is 23.2 Å². The van der Waals surface area contributed by atoms with Gasteiger partial charge in [-0.15, -0.1) is 11.3 Å². The third kappa shape index (κ3) is 4.30. The number of hydrogen-bond acceptors (Lipinski definition) is 5. The molecule has 0 radical (unpaired) electrons. The molecule has 1 aliphatic rings. The number of carbonyl (C=O) groups excluding carboxylic acids is 1. The van der Waals surface area contributed by atoms with Crippen molar-refractivity contribution >= 4 is 61.3 Å². The van der Waals surface area contributed by atoms with Gasteiger partial charge < -0.3 is 0 Å². The molecule has 1 N–H and O–H groups in total. The first-order valence-electron chi connectivity index (χ1n) is 10.3. The minimum atomic E-state index is -3.72. The molecule has 1 aromatic heterocycles. The summed E-state index contributed by atoms with van der Waals surface area (Å²) >= 11 is 13.5. The Morgan fingerprint density at radius 1 is 1.03 bits per heavy atom. The summed E-state index contributed by atoms with van der Waals surface area (Å²) in [5, 5.41) is 5.94. The largest absolute Gasteiger partial charge is 0.298 e. The lowest BCUT2D eigenvalue weighted by atomic mass is 10.2. The number of sulfonamides is 1. The van der Waals surface area contributed by atoms with Crippen molar-refractivity contribution in [2.24, 2.45) is 0 Å². The lowest BCUT2D eigenvalue weighted by Crippen LogP contribution is -2.29. The Morgan fingerprint density at radius 3 is 2.59 bits per heavy atom. The summed E-state index contributed by atoms with van der Waals surface area (Å²) in [6, 6.07) is 18.4. The van der Waals surface area contributed by atoms with E-state index >= 15 is 0 Å². The average Bonchev–Trinajstić information content (AvgIpc) is 3.48. The number of hydrogen-bond donors (Lipinski definition) is 1. The number of anilines is 2. The molecule has 0 unspecified atom stereocenters. The van der Waals surface area contributed by atoms with E-state index in [0.29, 0.717) is 50.7 Å². The first-order chi connectivity index (χ1) is 16.3. The van der Waals surface area contributed by atoms with Gasteiger partial charge in [0.1, 0.15) is 0 Å². The Labute approximate surface area is 210 Å². The summed E-state index contributed by atoms with van der Waals surface area (Å²) in [7, 11) is -3.72. The second-order valence-electron chi connectivity index (χ2n) is 7.60. The number of aromatic nitrogens is 1. The molecule has 5 rings (SSSR count). The molecule has 0 fully saturated rings. The minimum Gasteiger partial charge on any atom is -0.298 e. The molecule has 34 heavy (non-hydrogen) atoms. The number of fused-ring (bicyclic) bond motifs is 1. The van der Waals surface area contributed by atoms with Crippen LogP contribution in [0.3, 0.4) is 0 Å². The zero-order chi connectivity index (χ0) is 23.9. The number of nitrogens with zero attached hydrogens (tertiary/aromatic N) is 2. The lowest BCUT2D eigenvalue weighted by Gasteiger charge is -2.19. The second kappa shape index (κ2) is 9.03. The highest BCUT2D eigenvalue weighted by Gasteiger charge is 2.30. The van der Waals surface area contributed by atoms with E-state index in [2.05, 4.69) is 10.3 Å². The van der Waals surface area contributed by atoms with E-state index in [1.54, 1.807) is 29.6 Å². The van der Waals surface area contributed by atoms with Crippen LogP contribution in [-0.4, -0.2) is 25.9 Å². The van der Waals surface area contributed by atoms with Gasteiger partial charge >= 0.3 is 0 Å². The van der Waals surface area contributed by atoms with Gasteiger partial charge in [-0.3, -0.25) is 14.4 Å². The molecular formula is C24H17Cl2N3O3S2. The van der Waals surface area contributed by atoms with Gasteiger partial charge in [-0.2, -0.15) is 0 Å². The number of rotatable bonds is 5. The molecule has 0 atom stereocenters. The smallest absolute Gasteiger partial charge is 0.264 e. The van der Waals surface area contributed by atoms with Gasteiger partial charge in [-0.25, -0.2) is 13.4 Å². The van der Waals surface area contributed by atoms with E-state index in [0.717, 1.165) is 5.56 Å². The van der Waals surface area contributed by atoms with Crippen LogP contribution in [0, 0.1) is 0 Å². The Balaban J connectivity index is 1.32. The number of halogens is 2. The van der Waals surface area contributed by atoms with E-state index in [-0.39, 0.29) is 4.90 Å². The van der Waals surface area contributed by atoms with Gasteiger partial charge in [-0.05, 0) is 60.5 Å². The van der Waals surface area contributed by atoms with Gasteiger partial charge in [0.2, 0.25) is 0 Å². The van der Waals surface area contributed by atoms with Crippen LogP contribution in [0.5, 0.6) is 0 Å². The molecule has 0 saturated heterocycles. The first-order valence-corrected chi connectivity index (χ1v) is 13.3. The molecule has 6 nitrogen and oxygen atoms in total. The van der Waals surface area contributed by atoms with Crippen molar-refractivity contribution in [2.75, 3.05) is 16.2 Å². The maximum absolute atomic E-state index is 13.2. The van der Waals surface area contributed by atoms with E-state index in [9.17, 15) is 13.2 Å². The van der Waals surface area contributed by atoms with Gasteiger partial charge in [0, 0.05) is 28.1 Å². The Morgan fingerprint density at radius 2 is 1.79 bits per heavy atom. The molecule has 2 heterocycles. The van der Waals surface area contributed by atoms with Gasteiger partial charge in [0.05, 0.1) is 21.3 Å². The third-order valence-corrected chi connectivity index (χ3v) is 8.63. The summed E-state index contributed by atoms with van der Waals surface area (Å²) in [5.74, 6) is -0.395. The maximum atomic E-state index is 13.2. The van der Waals surface area contributed by atoms with Crippen molar-refractivity contribution in [3.63, 3.8) is 0 Å². The predicted molar refractivity (Wildman–Crippen MR) is 137 cm³/mol. The topological polar surface area (TPSA) is 79.4 Å². The maximum Gasteiger partial charge on any atom is 0.264 e. The van der Waals surface area contributed by atoms with Crippen LogP contribution in [0.25, 0.3) is 11.3 Å². The molecule has 0 aliphatic carbocycles. The number of amides is 1. The Kier molecular flexibility index (Phi) is 6.07. The van der Waals surface area contributed by atoms with Crippen molar-refractivity contribution in [3.05, 3.63) is 93.3 Å². The molecule has 0 spiro atoms.